The Kier molecular flexibility index (Phi) is 6.09. The Morgan fingerprint density at radius 1 is 0.914 bits per heavy atom. The highest BCUT2D eigenvalue weighted by atomic mass is 35.5. The Labute approximate surface area is 207 Å². The molecule has 0 spiro atoms. The molecule has 1 amide bonds. The summed E-state index contributed by atoms with van der Waals surface area (Å²) in [4.78, 5) is 31.3. The van der Waals surface area contributed by atoms with E-state index in [0.717, 1.165) is 27.7 Å². The van der Waals surface area contributed by atoms with Crippen LogP contribution >= 0.6 is 11.6 Å². The maximum Gasteiger partial charge on any atom is 0.402 e. The Bertz CT molecular complexity index is 1400. The summed E-state index contributed by atoms with van der Waals surface area (Å²) in [6.07, 6.45) is 0.573. The fraction of sp³-hybridized carbons (Fsp3) is 0.185. The van der Waals surface area contributed by atoms with E-state index in [2.05, 4.69) is 4.98 Å². The van der Waals surface area contributed by atoms with Gasteiger partial charge in [0.1, 0.15) is 17.2 Å². The third-order valence-corrected chi connectivity index (χ3v) is 6.46. The topological polar surface area (TPSA) is 80.9 Å². The lowest BCUT2D eigenvalue weighted by Crippen LogP contribution is -2.45. The highest BCUT2D eigenvalue weighted by Crippen LogP contribution is 2.39. The number of nitrogens with one attached hydrogen (secondary N) is 1. The van der Waals surface area contributed by atoms with Crippen LogP contribution in [0.1, 0.15) is 22.9 Å². The van der Waals surface area contributed by atoms with Crippen molar-refractivity contribution in [3.63, 3.8) is 0 Å². The van der Waals surface area contributed by atoms with E-state index in [9.17, 15) is 9.59 Å². The molecule has 1 aromatic heterocycles. The molecule has 1 unspecified atom stereocenters. The Balaban J connectivity index is 1.51. The van der Waals surface area contributed by atoms with Crippen LogP contribution in [0.15, 0.2) is 66.7 Å². The molecular formula is C27H23ClN2O5. The SMILES string of the molecule is COc1ccc(OC(=O)C(=O)N2CCc3c([nH]c4ccc(Cl)cc34)C2c2ccc(OC)cc2)cc1. The lowest BCUT2D eigenvalue weighted by molar-refractivity contribution is -0.155. The number of halogens is 1. The van der Waals surface area contributed by atoms with Gasteiger partial charge in [-0.2, -0.15) is 0 Å². The number of methoxy groups -OCH3 is 2. The summed E-state index contributed by atoms with van der Waals surface area (Å²) >= 11 is 6.26. The second-order valence-electron chi connectivity index (χ2n) is 8.20. The minimum Gasteiger partial charge on any atom is -0.497 e. The number of aromatic nitrogens is 1. The molecular weight excluding hydrogens is 468 g/mol. The predicted octanol–water partition coefficient (Wildman–Crippen LogP) is 4.92. The van der Waals surface area contributed by atoms with Crippen molar-refractivity contribution in [3.05, 3.63) is 88.6 Å². The van der Waals surface area contributed by atoms with Crippen LogP contribution in [0.5, 0.6) is 17.2 Å². The van der Waals surface area contributed by atoms with Crippen LogP contribution < -0.4 is 14.2 Å². The lowest BCUT2D eigenvalue weighted by atomic mass is 9.92. The molecule has 0 fully saturated rings. The fourth-order valence-corrected chi connectivity index (χ4v) is 4.70. The quantitative estimate of drug-likeness (QED) is 0.249. The van der Waals surface area contributed by atoms with Crippen molar-refractivity contribution in [2.45, 2.75) is 12.5 Å². The van der Waals surface area contributed by atoms with Crippen molar-refractivity contribution in [2.75, 3.05) is 20.8 Å². The molecule has 1 aliphatic rings. The van der Waals surface area contributed by atoms with Crippen LogP contribution in [0, 0.1) is 0 Å². The monoisotopic (exact) mass is 490 g/mol. The van der Waals surface area contributed by atoms with Crippen molar-refractivity contribution in [1.29, 1.82) is 0 Å². The number of ether oxygens (including phenoxy) is 3. The first kappa shape index (κ1) is 22.8. The van der Waals surface area contributed by atoms with E-state index in [1.54, 1.807) is 43.4 Å². The standard InChI is InChI=1S/C27H23ClN2O5/c1-33-18-6-3-16(4-7-18)25-24-21(22-15-17(28)5-12-23(22)29-24)13-14-30(25)26(31)27(32)35-20-10-8-19(34-2)9-11-20/h3-12,15,25,29H,13-14H2,1-2H3. The van der Waals surface area contributed by atoms with Gasteiger partial charge in [-0.15, -0.1) is 0 Å². The van der Waals surface area contributed by atoms with Crippen molar-refractivity contribution in [1.82, 2.24) is 9.88 Å². The summed E-state index contributed by atoms with van der Waals surface area (Å²) in [6, 6.07) is 19.1. The van der Waals surface area contributed by atoms with E-state index < -0.39 is 17.9 Å². The number of benzene rings is 3. The van der Waals surface area contributed by atoms with E-state index in [1.807, 2.05) is 42.5 Å². The van der Waals surface area contributed by atoms with Crippen LogP contribution in [0.4, 0.5) is 0 Å². The highest BCUT2D eigenvalue weighted by molar-refractivity contribution is 6.33. The maximum atomic E-state index is 13.4. The highest BCUT2D eigenvalue weighted by Gasteiger charge is 2.38. The zero-order valence-corrected chi connectivity index (χ0v) is 20.0. The van der Waals surface area contributed by atoms with Crippen LogP contribution in [-0.2, 0) is 16.0 Å². The van der Waals surface area contributed by atoms with E-state index in [-0.39, 0.29) is 5.75 Å². The van der Waals surface area contributed by atoms with Crippen molar-refractivity contribution >= 4 is 34.4 Å². The summed E-state index contributed by atoms with van der Waals surface area (Å²) < 4.78 is 15.8. The molecule has 0 saturated heterocycles. The van der Waals surface area contributed by atoms with Gasteiger partial charge in [0, 0.05) is 28.2 Å². The Hall–Kier alpha value is -3.97. The van der Waals surface area contributed by atoms with E-state index >= 15 is 0 Å². The van der Waals surface area contributed by atoms with Crippen LogP contribution in [0.25, 0.3) is 10.9 Å². The van der Waals surface area contributed by atoms with Gasteiger partial charge >= 0.3 is 11.9 Å². The van der Waals surface area contributed by atoms with Crippen LogP contribution in [0.2, 0.25) is 5.02 Å². The normalized spacial score (nSPS) is 14.9. The molecule has 5 rings (SSSR count). The predicted molar refractivity (Wildman–Crippen MR) is 132 cm³/mol. The maximum absolute atomic E-state index is 13.4. The number of nitrogens with zero attached hydrogens (tertiary/aromatic N) is 1. The second-order valence-corrected chi connectivity index (χ2v) is 8.63. The number of H-pyrrole nitrogens is 1. The van der Waals surface area contributed by atoms with Gasteiger partial charge in [-0.3, -0.25) is 4.79 Å². The van der Waals surface area contributed by atoms with Gasteiger partial charge in [0.25, 0.3) is 0 Å². The Morgan fingerprint density at radius 3 is 2.20 bits per heavy atom. The molecule has 0 radical (unpaired) electrons. The Morgan fingerprint density at radius 2 is 1.54 bits per heavy atom. The molecule has 0 aliphatic carbocycles. The zero-order chi connectivity index (χ0) is 24.5. The summed E-state index contributed by atoms with van der Waals surface area (Å²) in [5, 5.41) is 1.65. The second kappa shape index (κ2) is 9.35. The molecule has 8 heteroatoms. The first-order valence-electron chi connectivity index (χ1n) is 11.1. The molecule has 4 aromatic rings. The number of fused-ring (bicyclic) bond motifs is 3. The fourth-order valence-electron chi connectivity index (χ4n) is 4.52. The first-order valence-corrected chi connectivity index (χ1v) is 11.5. The molecule has 2 heterocycles. The van der Waals surface area contributed by atoms with Gasteiger partial charge in [-0.05, 0) is 72.1 Å². The van der Waals surface area contributed by atoms with Gasteiger partial charge < -0.3 is 24.1 Å². The van der Waals surface area contributed by atoms with Crippen LogP contribution in [0.3, 0.4) is 0 Å². The first-order chi connectivity index (χ1) is 17.0. The number of carbonyl (C=O) groups is 2. The molecule has 1 atom stereocenters. The van der Waals surface area contributed by atoms with Gasteiger partial charge in [0.05, 0.1) is 20.3 Å². The van der Waals surface area contributed by atoms with Gasteiger partial charge in [-0.1, -0.05) is 23.7 Å². The summed E-state index contributed by atoms with van der Waals surface area (Å²) in [7, 11) is 3.15. The van der Waals surface area contributed by atoms with Crippen molar-refractivity contribution < 1.29 is 23.8 Å². The van der Waals surface area contributed by atoms with Gasteiger partial charge in [-0.25, -0.2) is 4.79 Å². The number of hydrogen-bond donors (Lipinski definition) is 1. The van der Waals surface area contributed by atoms with E-state index in [0.29, 0.717) is 29.5 Å². The number of hydrogen-bond acceptors (Lipinski definition) is 5. The summed E-state index contributed by atoms with van der Waals surface area (Å²) in [5.74, 6) is -0.0773. The average Bonchev–Trinajstić information content (AvgIpc) is 3.26. The van der Waals surface area contributed by atoms with Crippen molar-refractivity contribution in [3.8, 4) is 17.2 Å². The minimum atomic E-state index is -0.948. The smallest absolute Gasteiger partial charge is 0.402 e. The van der Waals surface area contributed by atoms with E-state index in [1.165, 1.54) is 0 Å². The summed E-state index contributed by atoms with van der Waals surface area (Å²) in [6.45, 7) is 0.347. The van der Waals surface area contributed by atoms with E-state index in [4.69, 9.17) is 25.8 Å². The number of esters is 1. The minimum absolute atomic E-state index is 0.267. The number of rotatable bonds is 4. The third kappa shape index (κ3) is 4.31. The zero-order valence-electron chi connectivity index (χ0n) is 19.2. The van der Waals surface area contributed by atoms with Gasteiger partial charge in [0.2, 0.25) is 0 Å². The number of carbonyl (C=O) groups excluding carboxylic acids is 2. The van der Waals surface area contributed by atoms with Crippen LogP contribution in [-0.4, -0.2) is 42.5 Å². The lowest BCUT2D eigenvalue weighted by Gasteiger charge is -2.35. The third-order valence-electron chi connectivity index (χ3n) is 6.23. The molecule has 1 aliphatic heterocycles. The molecule has 0 bridgehead atoms. The molecule has 1 N–H and O–H groups in total. The summed E-state index contributed by atoms with van der Waals surface area (Å²) in [5.41, 5.74) is 3.70. The van der Waals surface area contributed by atoms with Crippen molar-refractivity contribution in [2.24, 2.45) is 0 Å². The molecule has 178 valence electrons. The van der Waals surface area contributed by atoms with Gasteiger partial charge in [0.15, 0.2) is 0 Å². The molecule has 0 saturated carbocycles. The largest absolute Gasteiger partial charge is 0.497 e. The average molecular weight is 491 g/mol. The number of amides is 1. The molecule has 35 heavy (non-hydrogen) atoms. The molecule has 7 nitrogen and oxygen atoms in total. The molecule has 3 aromatic carbocycles. The number of aromatic amines is 1.